The Labute approximate surface area is 175 Å². The van der Waals surface area contributed by atoms with E-state index >= 15 is 0 Å². The van der Waals surface area contributed by atoms with E-state index in [0.717, 1.165) is 28.3 Å². The van der Waals surface area contributed by atoms with Crippen molar-refractivity contribution in [1.29, 1.82) is 0 Å². The van der Waals surface area contributed by atoms with E-state index in [4.69, 9.17) is 4.74 Å². The molecule has 0 spiro atoms. The van der Waals surface area contributed by atoms with Crippen LogP contribution in [0, 0.1) is 6.92 Å². The molecule has 1 aromatic heterocycles. The van der Waals surface area contributed by atoms with Gasteiger partial charge in [0.1, 0.15) is 12.4 Å². The van der Waals surface area contributed by atoms with E-state index in [1.807, 2.05) is 56.3 Å². The maximum absolute atomic E-state index is 13.0. The van der Waals surface area contributed by atoms with Crippen molar-refractivity contribution in [3.05, 3.63) is 76.3 Å². The SMILES string of the molecule is CCc1cc(-n2ccnc(Sc3ccc(C)cc3)c2=O)ccc1OCC(C)(C)O. The van der Waals surface area contributed by atoms with Crippen LogP contribution in [0.25, 0.3) is 5.69 Å². The van der Waals surface area contributed by atoms with E-state index < -0.39 is 5.60 Å². The first-order valence-corrected chi connectivity index (χ1v) is 10.4. The van der Waals surface area contributed by atoms with Crippen LogP contribution in [-0.4, -0.2) is 26.9 Å². The van der Waals surface area contributed by atoms with Gasteiger partial charge in [0.25, 0.3) is 5.56 Å². The molecule has 0 atom stereocenters. The fourth-order valence-electron chi connectivity index (χ4n) is 2.77. The van der Waals surface area contributed by atoms with Crippen LogP contribution < -0.4 is 10.3 Å². The fraction of sp³-hybridized carbons (Fsp3) is 0.304. The molecule has 0 unspecified atom stereocenters. The van der Waals surface area contributed by atoms with E-state index in [-0.39, 0.29) is 12.2 Å². The van der Waals surface area contributed by atoms with Crippen LogP contribution >= 0.6 is 11.8 Å². The Morgan fingerprint density at radius 3 is 2.55 bits per heavy atom. The van der Waals surface area contributed by atoms with Crippen molar-refractivity contribution >= 4 is 11.8 Å². The molecule has 0 aliphatic carbocycles. The summed E-state index contributed by atoms with van der Waals surface area (Å²) in [7, 11) is 0. The minimum Gasteiger partial charge on any atom is -0.490 e. The van der Waals surface area contributed by atoms with Gasteiger partial charge in [-0.3, -0.25) is 9.36 Å². The van der Waals surface area contributed by atoms with E-state index in [9.17, 15) is 9.90 Å². The molecule has 2 aromatic carbocycles. The summed E-state index contributed by atoms with van der Waals surface area (Å²) in [5.74, 6) is 0.717. The van der Waals surface area contributed by atoms with E-state index in [1.54, 1.807) is 30.8 Å². The molecule has 3 aromatic rings. The van der Waals surface area contributed by atoms with Gasteiger partial charge in [-0.1, -0.05) is 36.4 Å². The van der Waals surface area contributed by atoms with Crippen molar-refractivity contribution in [3.63, 3.8) is 0 Å². The predicted molar refractivity (Wildman–Crippen MR) is 116 cm³/mol. The molecular formula is C23H26N2O3S. The average molecular weight is 411 g/mol. The van der Waals surface area contributed by atoms with Crippen LogP contribution in [0.4, 0.5) is 0 Å². The Balaban J connectivity index is 1.90. The molecule has 152 valence electrons. The van der Waals surface area contributed by atoms with E-state index in [1.165, 1.54) is 17.3 Å². The Morgan fingerprint density at radius 1 is 1.17 bits per heavy atom. The molecule has 3 rings (SSSR count). The minimum absolute atomic E-state index is 0.162. The maximum atomic E-state index is 13.0. The number of aryl methyl sites for hydroxylation is 2. The molecule has 0 amide bonds. The van der Waals surface area contributed by atoms with Gasteiger partial charge in [-0.05, 0) is 63.1 Å². The monoisotopic (exact) mass is 410 g/mol. The molecule has 0 aliphatic rings. The summed E-state index contributed by atoms with van der Waals surface area (Å²) >= 11 is 1.36. The zero-order valence-electron chi connectivity index (χ0n) is 17.2. The van der Waals surface area contributed by atoms with Crippen molar-refractivity contribution in [1.82, 2.24) is 9.55 Å². The molecule has 0 radical (unpaired) electrons. The number of rotatable bonds is 7. The highest BCUT2D eigenvalue weighted by Crippen LogP contribution is 2.26. The first kappa shape index (κ1) is 21.1. The third-order valence-electron chi connectivity index (χ3n) is 4.33. The molecular weight excluding hydrogens is 384 g/mol. The molecule has 0 saturated carbocycles. The van der Waals surface area contributed by atoms with Crippen molar-refractivity contribution in [2.24, 2.45) is 0 Å². The highest BCUT2D eigenvalue weighted by Gasteiger charge is 2.15. The predicted octanol–water partition coefficient (Wildman–Crippen LogP) is 4.40. The largest absolute Gasteiger partial charge is 0.490 e. The van der Waals surface area contributed by atoms with E-state index in [0.29, 0.717) is 5.03 Å². The molecule has 6 heteroatoms. The highest BCUT2D eigenvalue weighted by atomic mass is 32.2. The third kappa shape index (κ3) is 5.49. The smallest absolute Gasteiger partial charge is 0.287 e. The van der Waals surface area contributed by atoms with E-state index in [2.05, 4.69) is 4.98 Å². The van der Waals surface area contributed by atoms with Gasteiger partial charge in [-0.15, -0.1) is 0 Å². The lowest BCUT2D eigenvalue weighted by atomic mass is 10.1. The zero-order chi connectivity index (χ0) is 21.0. The number of hydrogen-bond donors (Lipinski definition) is 1. The Bertz CT molecular complexity index is 1040. The lowest BCUT2D eigenvalue weighted by Crippen LogP contribution is -2.28. The molecule has 0 aliphatic heterocycles. The lowest BCUT2D eigenvalue weighted by molar-refractivity contribution is 0.0282. The van der Waals surface area contributed by atoms with Crippen molar-refractivity contribution < 1.29 is 9.84 Å². The zero-order valence-corrected chi connectivity index (χ0v) is 18.0. The van der Waals surface area contributed by atoms with Crippen LogP contribution in [0.2, 0.25) is 0 Å². The van der Waals surface area contributed by atoms with Crippen molar-refractivity contribution in [3.8, 4) is 11.4 Å². The summed E-state index contributed by atoms with van der Waals surface area (Å²) in [6.45, 7) is 7.67. The molecule has 29 heavy (non-hydrogen) atoms. The van der Waals surface area contributed by atoms with Crippen molar-refractivity contribution in [2.75, 3.05) is 6.61 Å². The van der Waals surface area contributed by atoms with Gasteiger partial charge in [0.05, 0.1) is 5.60 Å². The second-order valence-electron chi connectivity index (χ2n) is 7.57. The van der Waals surface area contributed by atoms with Crippen LogP contribution in [0.3, 0.4) is 0 Å². The standard InChI is InChI=1S/C23H26N2O3S/c1-5-17-14-18(8-11-20(17)28-15-23(3,4)27)25-13-12-24-21(22(25)26)29-19-9-6-16(2)7-10-19/h6-14,27H,5,15H2,1-4H3. The van der Waals surface area contributed by atoms with Gasteiger partial charge < -0.3 is 9.84 Å². The Kier molecular flexibility index (Phi) is 6.45. The number of aliphatic hydroxyl groups is 1. The third-order valence-corrected chi connectivity index (χ3v) is 5.31. The number of benzene rings is 2. The van der Waals surface area contributed by atoms with Crippen LogP contribution in [-0.2, 0) is 6.42 Å². The molecule has 5 nitrogen and oxygen atoms in total. The van der Waals surface area contributed by atoms with Gasteiger partial charge in [0, 0.05) is 23.0 Å². The summed E-state index contributed by atoms with van der Waals surface area (Å²) in [5, 5.41) is 10.3. The molecule has 0 bridgehead atoms. The lowest BCUT2D eigenvalue weighted by Gasteiger charge is -2.20. The molecule has 1 N–H and O–H groups in total. The minimum atomic E-state index is -0.909. The maximum Gasteiger partial charge on any atom is 0.287 e. The molecule has 0 saturated heterocycles. The summed E-state index contributed by atoms with van der Waals surface area (Å²) < 4.78 is 7.37. The van der Waals surface area contributed by atoms with Crippen LogP contribution in [0.5, 0.6) is 5.75 Å². The van der Waals surface area contributed by atoms with Crippen molar-refractivity contribution in [2.45, 2.75) is 49.6 Å². The molecule has 1 heterocycles. The quantitative estimate of drug-likeness (QED) is 0.625. The van der Waals surface area contributed by atoms with Gasteiger partial charge in [-0.25, -0.2) is 4.98 Å². The fourth-order valence-corrected chi connectivity index (χ4v) is 3.57. The topological polar surface area (TPSA) is 64.4 Å². The first-order chi connectivity index (χ1) is 13.8. The summed E-state index contributed by atoms with van der Waals surface area (Å²) in [5.41, 5.74) is 1.84. The Hall–Kier alpha value is -2.57. The summed E-state index contributed by atoms with van der Waals surface area (Å²) in [6.07, 6.45) is 4.07. The van der Waals surface area contributed by atoms with Gasteiger partial charge >= 0.3 is 0 Å². The number of ether oxygens (including phenoxy) is 1. The first-order valence-electron chi connectivity index (χ1n) is 9.57. The highest BCUT2D eigenvalue weighted by molar-refractivity contribution is 7.99. The normalized spacial score (nSPS) is 11.5. The second kappa shape index (κ2) is 8.84. The number of hydrogen-bond acceptors (Lipinski definition) is 5. The van der Waals surface area contributed by atoms with Crippen LogP contribution in [0.15, 0.2) is 69.6 Å². The van der Waals surface area contributed by atoms with Gasteiger partial charge in [0.2, 0.25) is 0 Å². The second-order valence-corrected chi connectivity index (χ2v) is 8.63. The Morgan fingerprint density at radius 2 is 1.90 bits per heavy atom. The summed E-state index contributed by atoms with van der Waals surface area (Å²) in [4.78, 5) is 18.2. The number of nitrogens with zero attached hydrogens (tertiary/aromatic N) is 2. The average Bonchev–Trinajstić information content (AvgIpc) is 2.69. The number of aromatic nitrogens is 2. The van der Waals surface area contributed by atoms with Gasteiger partial charge in [0.15, 0.2) is 5.03 Å². The summed E-state index contributed by atoms with van der Waals surface area (Å²) in [6, 6.07) is 13.7. The van der Waals surface area contributed by atoms with Crippen LogP contribution in [0.1, 0.15) is 31.9 Å². The van der Waals surface area contributed by atoms with Gasteiger partial charge in [-0.2, -0.15) is 0 Å². The molecule has 0 fully saturated rings.